The summed E-state index contributed by atoms with van der Waals surface area (Å²) in [4.78, 5) is 0. The monoisotopic (exact) mass is 476 g/mol. The van der Waals surface area contributed by atoms with E-state index in [4.69, 9.17) is 23.2 Å². The molecule has 0 aromatic heterocycles. The summed E-state index contributed by atoms with van der Waals surface area (Å²) < 4.78 is 1.34. The first kappa shape index (κ1) is 19.5. The Morgan fingerprint density at radius 2 is 0.679 bits per heavy atom. The first-order valence-corrected chi connectivity index (χ1v) is 10.9. The van der Waals surface area contributed by atoms with E-state index >= 15 is 0 Å². The van der Waals surface area contributed by atoms with Crippen LogP contribution in [0.1, 0.15) is 11.1 Å². The molecule has 0 amide bonds. The van der Waals surface area contributed by atoms with E-state index in [0.29, 0.717) is 0 Å². The number of benzene rings is 4. The average molecular weight is 479 g/mol. The molecule has 0 unspecified atom stereocenters. The van der Waals surface area contributed by atoms with Crippen LogP contribution in [0.2, 0.25) is 10.0 Å². The van der Waals surface area contributed by atoms with E-state index < -0.39 is 0 Å². The second-order valence-corrected chi connectivity index (χ2v) is 8.65. The van der Waals surface area contributed by atoms with Crippen molar-refractivity contribution in [3.63, 3.8) is 0 Å². The Balaban J connectivity index is 1.54. The van der Waals surface area contributed by atoms with Crippen LogP contribution in [0, 0.1) is 0 Å². The van der Waals surface area contributed by atoms with Crippen LogP contribution < -0.4 is 0 Å². The third kappa shape index (κ3) is 4.44. The maximum atomic E-state index is 5.98. The maximum absolute atomic E-state index is 5.98. The van der Waals surface area contributed by atoms with Gasteiger partial charge >= 0.3 is 191 Å². The van der Waals surface area contributed by atoms with Crippen LogP contribution in [0.3, 0.4) is 0 Å². The molecule has 0 nitrogen and oxygen atoms in total. The molecule has 4 rings (SSSR count). The van der Waals surface area contributed by atoms with E-state index in [1.54, 1.807) is 0 Å². The number of hydrogen-bond donors (Lipinski definition) is 0. The van der Waals surface area contributed by atoms with Crippen molar-refractivity contribution in [3.8, 4) is 22.3 Å². The van der Waals surface area contributed by atoms with Gasteiger partial charge in [0.2, 0.25) is 0 Å². The van der Waals surface area contributed by atoms with Gasteiger partial charge in [0, 0.05) is 0 Å². The van der Waals surface area contributed by atoms with E-state index in [9.17, 15) is 0 Å². The normalized spacial score (nSPS) is 10.7. The molecule has 28 heavy (non-hydrogen) atoms. The van der Waals surface area contributed by atoms with E-state index in [-0.39, 0.29) is 0 Å². The number of rotatable bonds is 4. The minimum absolute atomic E-state index is 0.760. The van der Waals surface area contributed by atoms with Crippen molar-refractivity contribution in [1.82, 2.24) is 0 Å². The van der Waals surface area contributed by atoms with Crippen LogP contribution >= 0.6 is 23.2 Å². The molecule has 0 saturated carbocycles. The van der Waals surface area contributed by atoms with Crippen molar-refractivity contribution < 1.29 is 24.2 Å². The van der Waals surface area contributed by atoms with Crippen LogP contribution in [-0.4, -0.2) is 3.21 Å². The quantitative estimate of drug-likeness (QED) is 0.286. The van der Waals surface area contributed by atoms with E-state index in [2.05, 4.69) is 72.8 Å². The minimum atomic E-state index is 0.760. The van der Waals surface area contributed by atoms with Crippen molar-refractivity contribution in [2.75, 3.05) is 0 Å². The fourth-order valence-corrected chi connectivity index (χ4v) is 4.18. The van der Waals surface area contributed by atoms with Gasteiger partial charge in [0.1, 0.15) is 0 Å². The Hall–Kier alpha value is -1.79. The van der Waals surface area contributed by atoms with Gasteiger partial charge in [-0.05, 0) is 0 Å². The van der Waals surface area contributed by atoms with Crippen LogP contribution in [0.4, 0.5) is 0 Å². The zero-order valence-electron chi connectivity index (χ0n) is 15.0. The standard InChI is InChI=1S/C25H16Cl2.Zr/c26-24-13-9-22(10-14-24)20-5-1-18(2-6-20)17-19-3-7-21(8-4-19)23-11-15-25(27)16-12-23;/h1-16H;/q;+2. The summed E-state index contributed by atoms with van der Waals surface area (Å²) in [5.74, 6) is 0. The molecule has 3 heteroatoms. The first-order valence-electron chi connectivity index (χ1n) is 8.91. The van der Waals surface area contributed by atoms with Gasteiger partial charge in [0.15, 0.2) is 0 Å². The summed E-state index contributed by atoms with van der Waals surface area (Å²) in [6.45, 7) is 0. The topological polar surface area (TPSA) is 0 Å². The molecule has 4 aromatic rings. The predicted octanol–water partition coefficient (Wildman–Crippen LogP) is 7.44. The summed E-state index contributed by atoms with van der Waals surface area (Å²) in [5.41, 5.74) is 7.26. The molecule has 0 heterocycles. The van der Waals surface area contributed by atoms with Crippen LogP contribution in [0.5, 0.6) is 0 Å². The van der Waals surface area contributed by atoms with Crippen LogP contribution in [0.15, 0.2) is 97.1 Å². The summed E-state index contributed by atoms with van der Waals surface area (Å²) >= 11 is 13.4. The molecule has 132 valence electrons. The molecular weight excluding hydrogens is 462 g/mol. The van der Waals surface area contributed by atoms with Crippen LogP contribution in [-0.2, 0) is 24.2 Å². The number of halogens is 2. The molecule has 0 spiro atoms. The van der Waals surface area contributed by atoms with Crippen molar-refractivity contribution in [1.29, 1.82) is 0 Å². The van der Waals surface area contributed by atoms with Crippen molar-refractivity contribution in [3.05, 3.63) is 118 Å². The Bertz CT molecular complexity index is 1000. The van der Waals surface area contributed by atoms with Gasteiger partial charge in [0.25, 0.3) is 0 Å². The van der Waals surface area contributed by atoms with Crippen molar-refractivity contribution in [2.45, 2.75) is 0 Å². The Morgan fingerprint density at radius 3 is 0.964 bits per heavy atom. The van der Waals surface area contributed by atoms with Gasteiger partial charge < -0.3 is 0 Å². The Morgan fingerprint density at radius 1 is 0.429 bits per heavy atom. The summed E-state index contributed by atoms with van der Waals surface area (Å²) in [7, 11) is 0. The molecule has 0 fully saturated rings. The Labute approximate surface area is 190 Å². The third-order valence-electron chi connectivity index (χ3n) is 4.70. The SMILES string of the molecule is Clc1ccc(-c2ccc([C](=[Zr+2])c3ccc(-c4ccc(Cl)cc4)cc3)cc2)cc1. The fraction of sp³-hybridized carbons (Fsp3) is 0. The molecule has 0 atom stereocenters. The zero-order valence-corrected chi connectivity index (χ0v) is 19.0. The van der Waals surface area contributed by atoms with Gasteiger partial charge in [-0.3, -0.25) is 0 Å². The zero-order chi connectivity index (χ0) is 19.5. The van der Waals surface area contributed by atoms with Gasteiger partial charge in [-0.1, -0.05) is 0 Å². The second kappa shape index (κ2) is 8.70. The van der Waals surface area contributed by atoms with Gasteiger partial charge in [-0.25, -0.2) is 0 Å². The average Bonchev–Trinajstić information content (AvgIpc) is 2.75. The molecule has 0 aliphatic heterocycles. The Kier molecular flexibility index (Phi) is 6.07. The van der Waals surface area contributed by atoms with E-state index in [1.807, 2.05) is 24.3 Å². The van der Waals surface area contributed by atoms with Gasteiger partial charge in [0.05, 0.1) is 0 Å². The molecule has 0 aliphatic carbocycles. The van der Waals surface area contributed by atoms with Crippen LogP contribution in [0.25, 0.3) is 22.3 Å². The molecular formula is C25H16Cl2Zr+2. The molecule has 0 radical (unpaired) electrons. The second-order valence-electron chi connectivity index (χ2n) is 6.54. The summed E-state index contributed by atoms with van der Waals surface area (Å²) in [6, 6.07) is 33.4. The van der Waals surface area contributed by atoms with Crippen molar-refractivity contribution in [2.24, 2.45) is 0 Å². The molecule has 0 aliphatic rings. The van der Waals surface area contributed by atoms with E-state index in [1.165, 1.54) is 60.8 Å². The van der Waals surface area contributed by atoms with Gasteiger partial charge in [-0.15, -0.1) is 0 Å². The summed E-state index contributed by atoms with van der Waals surface area (Å²) in [6.07, 6.45) is 0. The number of hydrogen-bond acceptors (Lipinski definition) is 0. The molecule has 0 N–H and O–H groups in total. The van der Waals surface area contributed by atoms with Gasteiger partial charge in [-0.2, -0.15) is 0 Å². The van der Waals surface area contributed by atoms with E-state index in [0.717, 1.165) is 10.0 Å². The molecule has 0 saturated heterocycles. The molecule has 4 aromatic carbocycles. The fourth-order valence-electron chi connectivity index (χ4n) is 3.11. The third-order valence-corrected chi connectivity index (χ3v) is 6.63. The first-order chi connectivity index (χ1) is 13.6. The van der Waals surface area contributed by atoms with Crippen molar-refractivity contribution >= 4 is 26.4 Å². The predicted molar refractivity (Wildman–Crippen MR) is 117 cm³/mol. The summed E-state index contributed by atoms with van der Waals surface area (Å²) in [5, 5.41) is 1.52. The molecule has 0 bridgehead atoms.